The molecule has 0 radical (unpaired) electrons. The van der Waals surface area contributed by atoms with E-state index in [9.17, 15) is 4.39 Å². The third-order valence-corrected chi connectivity index (χ3v) is 2.74. The second kappa shape index (κ2) is 8.06. The zero-order valence-electron chi connectivity index (χ0n) is 11.1. The molecule has 1 aromatic rings. The largest absolute Gasteiger partial charge is 0.492 e. The molecule has 1 aromatic carbocycles. The Hall–Kier alpha value is -1.13. The highest BCUT2D eigenvalue weighted by molar-refractivity contribution is 5.28. The lowest BCUT2D eigenvalue weighted by Crippen LogP contribution is -2.36. The summed E-state index contributed by atoms with van der Waals surface area (Å²) >= 11 is 0. The Bertz CT molecular complexity index is 358. The fourth-order valence-corrected chi connectivity index (χ4v) is 1.65. The lowest BCUT2D eigenvalue weighted by molar-refractivity contribution is 0.213. The van der Waals surface area contributed by atoms with Crippen LogP contribution < -0.4 is 10.1 Å². The van der Waals surface area contributed by atoms with Gasteiger partial charge in [0.05, 0.1) is 0 Å². The molecule has 1 unspecified atom stereocenters. The van der Waals surface area contributed by atoms with Crippen molar-refractivity contribution in [3.63, 3.8) is 0 Å². The van der Waals surface area contributed by atoms with Crippen LogP contribution in [0.15, 0.2) is 18.2 Å². The first-order valence-corrected chi connectivity index (χ1v) is 6.40. The molecular weight excluding hydrogens is 233 g/mol. The molecule has 18 heavy (non-hydrogen) atoms. The molecule has 0 aliphatic rings. The van der Waals surface area contributed by atoms with E-state index in [1.54, 1.807) is 19.1 Å². The fraction of sp³-hybridized carbons (Fsp3) is 0.571. The van der Waals surface area contributed by atoms with Gasteiger partial charge in [-0.2, -0.15) is 0 Å². The molecule has 102 valence electrons. The Kier molecular flexibility index (Phi) is 6.68. The van der Waals surface area contributed by atoms with Crippen LogP contribution in [0.1, 0.15) is 25.3 Å². The van der Waals surface area contributed by atoms with Crippen LogP contribution in [0.5, 0.6) is 5.75 Å². The van der Waals surface area contributed by atoms with E-state index >= 15 is 0 Å². The van der Waals surface area contributed by atoms with Gasteiger partial charge >= 0.3 is 0 Å². The van der Waals surface area contributed by atoms with Crippen molar-refractivity contribution in [1.29, 1.82) is 0 Å². The normalized spacial score (nSPS) is 12.4. The van der Waals surface area contributed by atoms with E-state index in [-0.39, 0.29) is 18.5 Å². The molecule has 0 aliphatic carbocycles. The smallest absolute Gasteiger partial charge is 0.126 e. The number of hydrogen-bond donors (Lipinski definition) is 2. The molecule has 0 fully saturated rings. The van der Waals surface area contributed by atoms with Gasteiger partial charge in [0.1, 0.15) is 18.2 Å². The first kappa shape index (κ1) is 14.9. The highest BCUT2D eigenvalue weighted by Crippen LogP contribution is 2.16. The number of benzene rings is 1. The molecule has 0 aliphatic heterocycles. The van der Waals surface area contributed by atoms with Gasteiger partial charge in [-0.15, -0.1) is 0 Å². The first-order valence-electron chi connectivity index (χ1n) is 6.40. The summed E-state index contributed by atoms with van der Waals surface area (Å²) in [6.07, 6.45) is 1.69. The number of nitrogens with one attached hydrogen (secondary N) is 1. The minimum atomic E-state index is -0.224. The minimum absolute atomic E-state index is 0.125. The van der Waals surface area contributed by atoms with Crippen LogP contribution in [-0.2, 0) is 0 Å². The lowest BCUT2D eigenvalue weighted by Gasteiger charge is -2.18. The predicted molar refractivity (Wildman–Crippen MR) is 70.4 cm³/mol. The summed E-state index contributed by atoms with van der Waals surface area (Å²) in [5.74, 6) is 0.438. The molecular formula is C14H22FNO2. The molecule has 4 heteroatoms. The van der Waals surface area contributed by atoms with Crippen molar-refractivity contribution in [3.05, 3.63) is 29.6 Å². The van der Waals surface area contributed by atoms with Crippen molar-refractivity contribution >= 4 is 0 Å². The van der Waals surface area contributed by atoms with Crippen molar-refractivity contribution < 1.29 is 14.2 Å². The van der Waals surface area contributed by atoms with Crippen LogP contribution in [0.4, 0.5) is 4.39 Å². The van der Waals surface area contributed by atoms with Crippen molar-refractivity contribution in [2.45, 2.75) is 32.7 Å². The molecule has 2 N–H and O–H groups in total. The highest BCUT2D eigenvalue weighted by Gasteiger charge is 2.08. The predicted octanol–water partition coefficient (Wildman–Crippen LogP) is 2.26. The van der Waals surface area contributed by atoms with Gasteiger partial charge in [-0.05, 0) is 50.1 Å². The van der Waals surface area contributed by atoms with Crippen molar-refractivity contribution in [2.75, 3.05) is 19.8 Å². The molecule has 0 amide bonds. The van der Waals surface area contributed by atoms with Crippen molar-refractivity contribution in [1.82, 2.24) is 5.32 Å². The highest BCUT2D eigenvalue weighted by atomic mass is 19.1. The number of aryl methyl sites for hydroxylation is 1. The van der Waals surface area contributed by atoms with E-state index in [0.717, 1.165) is 13.0 Å². The summed E-state index contributed by atoms with van der Waals surface area (Å²) in [6.45, 7) is 5.31. The van der Waals surface area contributed by atoms with Gasteiger partial charge in [-0.1, -0.05) is 6.92 Å². The van der Waals surface area contributed by atoms with Crippen LogP contribution in [0.2, 0.25) is 0 Å². The van der Waals surface area contributed by atoms with Crippen molar-refractivity contribution in [3.8, 4) is 5.75 Å². The topological polar surface area (TPSA) is 41.5 Å². The third kappa shape index (κ3) is 5.02. The Morgan fingerprint density at radius 1 is 1.44 bits per heavy atom. The van der Waals surface area contributed by atoms with Gasteiger partial charge in [0.2, 0.25) is 0 Å². The molecule has 3 nitrogen and oxygen atoms in total. The quantitative estimate of drug-likeness (QED) is 0.748. The second-order valence-corrected chi connectivity index (χ2v) is 4.39. The van der Waals surface area contributed by atoms with E-state index in [1.807, 2.05) is 0 Å². The average molecular weight is 255 g/mol. The standard InChI is InChI=1S/C14H22FNO2/c1-3-7-16-12(6-8-17)10-18-13-4-5-14(15)11(2)9-13/h4-5,9,12,16-17H,3,6-8,10H2,1-2H3. The first-order chi connectivity index (χ1) is 8.67. The van der Waals surface area contributed by atoms with Crippen molar-refractivity contribution in [2.24, 2.45) is 0 Å². The van der Waals surface area contributed by atoms with Crippen LogP contribution in [0.25, 0.3) is 0 Å². The van der Waals surface area contributed by atoms with Gasteiger partial charge < -0.3 is 15.2 Å². The molecule has 0 saturated carbocycles. The summed E-state index contributed by atoms with van der Waals surface area (Å²) in [5.41, 5.74) is 0.577. The summed E-state index contributed by atoms with van der Waals surface area (Å²) in [7, 11) is 0. The SMILES string of the molecule is CCCNC(CCO)COc1ccc(F)c(C)c1. The maximum atomic E-state index is 13.1. The molecule has 0 bridgehead atoms. The third-order valence-electron chi connectivity index (χ3n) is 2.74. The number of aliphatic hydroxyl groups is 1. The fourth-order valence-electron chi connectivity index (χ4n) is 1.65. The van der Waals surface area contributed by atoms with E-state index < -0.39 is 0 Å². The number of halogens is 1. The summed E-state index contributed by atoms with van der Waals surface area (Å²) < 4.78 is 18.7. The van der Waals surface area contributed by atoms with Crippen LogP contribution in [-0.4, -0.2) is 30.9 Å². The summed E-state index contributed by atoms with van der Waals surface area (Å²) in [6, 6.07) is 4.84. The molecule has 0 aromatic heterocycles. The zero-order valence-corrected chi connectivity index (χ0v) is 11.1. The lowest BCUT2D eigenvalue weighted by atomic mass is 10.2. The van der Waals surface area contributed by atoms with Gasteiger partial charge in [0.25, 0.3) is 0 Å². The molecule has 0 saturated heterocycles. The van der Waals surface area contributed by atoms with Gasteiger partial charge in [-0.25, -0.2) is 4.39 Å². The Labute approximate surface area is 108 Å². The monoisotopic (exact) mass is 255 g/mol. The molecule has 1 rings (SSSR count). The van der Waals surface area contributed by atoms with E-state index in [4.69, 9.17) is 9.84 Å². The maximum absolute atomic E-state index is 13.1. The number of aliphatic hydroxyl groups excluding tert-OH is 1. The Balaban J connectivity index is 2.47. The number of ether oxygens (including phenoxy) is 1. The van der Waals surface area contributed by atoms with E-state index in [0.29, 0.717) is 24.3 Å². The zero-order chi connectivity index (χ0) is 13.4. The van der Waals surface area contributed by atoms with Crippen LogP contribution >= 0.6 is 0 Å². The number of rotatable bonds is 8. The second-order valence-electron chi connectivity index (χ2n) is 4.39. The molecule has 1 atom stereocenters. The van der Waals surface area contributed by atoms with Gasteiger partial charge in [-0.3, -0.25) is 0 Å². The van der Waals surface area contributed by atoms with Crippen LogP contribution in [0.3, 0.4) is 0 Å². The Morgan fingerprint density at radius 3 is 2.83 bits per heavy atom. The van der Waals surface area contributed by atoms with E-state index in [1.165, 1.54) is 6.07 Å². The summed E-state index contributed by atoms with van der Waals surface area (Å²) in [5, 5.41) is 12.3. The van der Waals surface area contributed by atoms with Gasteiger partial charge in [0, 0.05) is 12.6 Å². The van der Waals surface area contributed by atoms with Crippen LogP contribution in [0, 0.1) is 12.7 Å². The molecule has 0 heterocycles. The summed E-state index contributed by atoms with van der Waals surface area (Å²) in [4.78, 5) is 0. The number of hydrogen-bond acceptors (Lipinski definition) is 3. The molecule has 0 spiro atoms. The van der Waals surface area contributed by atoms with E-state index in [2.05, 4.69) is 12.2 Å². The Morgan fingerprint density at radius 2 is 2.22 bits per heavy atom. The average Bonchev–Trinajstić information content (AvgIpc) is 2.37. The van der Waals surface area contributed by atoms with Gasteiger partial charge in [0.15, 0.2) is 0 Å². The minimum Gasteiger partial charge on any atom is -0.492 e. The maximum Gasteiger partial charge on any atom is 0.126 e.